The largest absolute Gasteiger partial charge is 0.302 e. The minimum Gasteiger partial charge on any atom is -0.302 e. The van der Waals surface area contributed by atoms with Crippen LogP contribution in [0.15, 0.2) is 0 Å². The van der Waals surface area contributed by atoms with Gasteiger partial charge in [0.2, 0.25) is 0 Å². The summed E-state index contributed by atoms with van der Waals surface area (Å²) in [4.78, 5) is 3.29. The molecule has 0 aromatic rings. The molecule has 3 atom stereocenters. The topological polar surface area (TPSA) is 3.24 Å². The monoisotopic (exact) mass is 261 g/mol. The van der Waals surface area contributed by atoms with Crippen molar-refractivity contribution >= 4 is 15.9 Å². The molecule has 1 saturated carbocycles. The van der Waals surface area contributed by atoms with E-state index in [1.165, 1.54) is 38.6 Å². The summed E-state index contributed by atoms with van der Waals surface area (Å²) in [5.41, 5.74) is 0. The Morgan fingerprint density at radius 3 is 2.57 bits per heavy atom. The van der Waals surface area contributed by atoms with Gasteiger partial charge in [0, 0.05) is 17.4 Å². The zero-order valence-electron chi connectivity index (χ0n) is 9.80. The van der Waals surface area contributed by atoms with E-state index < -0.39 is 0 Å². The van der Waals surface area contributed by atoms with Gasteiger partial charge in [0.15, 0.2) is 0 Å². The van der Waals surface area contributed by atoms with Gasteiger partial charge in [0.25, 0.3) is 0 Å². The van der Waals surface area contributed by atoms with Crippen LogP contribution in [0.1, 0.15) is 46.0 Å². The predicted molar refractivity (Wildman–Crippen MR) is 67.1 cm³/mol. The smallest absolute Gasteiger partial charge is 0.0301 e. The van der Waals surface area contributed by atoms with Crippen molar-refractivity contribution in [2.24, 2.45) is 5.92 Å². The molecule has 0 radical (unpaired) electrons. The van der Waals surface area contributed by atoms with E-state index in [4.69, 9.17) is 0 Å². The summed E-state index contributed by atoms with van der Waals surface area (Å²) in [5, 5.41) is 0. The van der Waals surface area contributed by atoms with Crippen LogP contribution in [0.2, 0.25) is 0 Å². The fourth-order valence-electron chi connectivity index (χ4n) is 2.32. The normalized spacial score (nSPS) is 30.6. The zero-order valence-corrected chi connectivity index (χ0v) is 11.4. The Hall–Kier alpha value is 0.440. The molecule has 3 unspecified atom stereocenters. The summed E-state index contributed by atoms with van der Waals surface area (Å²) in [5.74, 6) is 0.835. The van der Waals surface area contributed by atoms with Gasteiger partial charge in [-0.05, 0) is 25.8 Å². The summed E-state index contributed by atoms with van der Waals surface area (Å²) in [6.07, 6.45) is 6.85. The fourth-order valence-corrected chi connectivity index (χ4v) is 3.31. The van der Waals surface area contributed by atoms with Crippen LogP contribution in [0.4, 0.5) is 0 Å². The maximum atomic E-state index is 3.83. The molecule has 0 N–H and O–H groups in total. The van der Waals surface area contributed by atoms with E-state index in [0.29, 0.717) is 0 Å². The van der Waals surface area contributed by atoms with E-state index >= 15 is 0 Å². The summed E-state index contributed by atoms with van der Waals surface area (Å²) in [7, 11) is 2.29. The van der Waals surface area contributed by atoms with Crippen molar-refractivity contribution in [3.8, 4) is 0 Å². The highest BCUT2D eigenvalue weighted by Gasteiger charge is 2.26. The van der Waals surface area contributed by atoms with Gasteiger partial charge in [0.1, 0.15) is 0 Å². The molecule has 0 bridgehead atoms. The van der Waals surface area contributed by atoms with Gasteiger partial charge in [-0.25, -0.2) is 0 Å². The zero-order chi connectivity index (χ0) is 10.6. The molecular formula is C12H24BrN. The minimum absolute atomic E-state index is 0.727. The second-order valence-electron chi connectivity index (χ2n) is 4.82. The van der Waals surface area contributed by atoms with Crippen molar-refractivity contribution in [2.75, 3.05) is 13.6 Å². The molecule has 0 aromatic heterocycles. The first-order valence-corrected chi connectivity index (χ1v) is 6.91. The summed E-state index contributed by atoms with van der Waals surface area (Å²) < 4.78 is 0. The number of hydrogen-bond donors (Lipinski definition) is 0. The third-order valence-electron chi connectivity index (χ3n) is 3.51. The second kappa shape index (κ2) is 6.12. The third kappa shape index (κ3) is 3.54. The van der Waals surface area contributed by atoms with Crippen LogP contribution >= 0.6 is 15.9 Å². The summed E-state index contributed by atoms with van der Waals surface area (Å²) in [6.45, 7) is 5.89. The van der Waals surface area contributed by atoms with E-state index in [2.05, 4.69) is 41.7 Å². The van der Waals surface area contributed by atoms with Gasteiger partial charge in [-0.1, -0.05) is 49.0 Å². The van der Waals surface area contributed by atoms with Crippen molar-refractivity contribution in [3.63, 3.8) is 0 Å². The minimum atomic E-state index is 0.727. The average Bonchev–Trinajstić information content (AvgIpc) is 2.18. The maximum absolute atomic E-state index is 3.83. The first kappa shape index (κ1) is 12.5. The van der Waals surface area contributed by atoms with Crippen molar-refractivity contribution in [2.45, 2.75) is 56.8 Å². The molecule has 0 aliphatic heterocycles. The highest BCUT2D eigenvalue weighted by molar-refractivity contribution is 9.09. The number of alkyl halides is 1. The standard InChI is InChI=1S/C12H24BrN/c1-4-10(2)9-14(3)12-8-6-5-7-11(12)13/h10-12H,4-9H2,1-3H3. The molecule has 1 aliphatic carbocycles. The fraction of sp³-hybridized carbons (Fsp3) is 1.00. The number of hydrogen-bond acceptors (Lipinski definition) is 1. The molecule has 1 aliphatic rings. The highest BCUT2D eigenvalue weighted by Crippen LogP contribution is 2.28. The Balaban J connectivity index is 2.37. The molecule has 84 valence electrons. The Morgan fingerprint density at radius 2 is 2.00 bits per heavy atom. The van der Waals surface area contributed by atoms with Crippen molar-refractivity contribution in [3.05, 3.63) is 0 Å². The van der Waals surface area contributed by atoms with Crippen molar-refractivity contribution in [1.82, 2.24) is 4.90 Å². The van der Waals surface area contributed by atoms with Gasteiger partial charge < -0.3 is 4.90 Å². The van der Waals surface area contributed by atoms with Crippen molar-refractivity contribution in [1.29, 1.82) is 0 Å². The van der Waals surface area contributed by atoms with Crippen LogP contribution in [-0.2, 0) is 0 Å². The molecule has 0 aromatic carbocycles. The Bertz CT molecular complexity index is 160. The first-order valence-electron chi connectivity index (χ1n) is 5.99. The van der Waals surface area contributed by atoms with E-state index in [9.17, 15) is 0 Å². The van der Waals surface area contributed by atoms with E-state index in [1.54, 1.807) is 0 Å². The van der Waals surface area contributed by atoms with Crippen LogP contribution < -0.4 is 0 Å². The van der Waals surface area contributed by atoms with Crippen LogP contribution in [0.25, 0.3) is 0 Å². The van der Waals surface area contributed by atoms with Gasteiger partial charge >= 0.3 is 0 Å². The van der Waals surface area contributed by atoms with Crippen LogP contribution in [0, 0.1) is 5.92 Å². The molecular weight excluding hydrogens is 238 g/mol. The van der Waals surface area contributed by atoms with E-state index in [0.717, 1.165) is 16.8 Å². The number of rotatable bonds is 4. The molecule has 0 spiro atoms. The molecule has 1 rings (SSSR count). The lowest BCUT2D eigenvalue weighted by molar-refractivity contribution is 0.176. The lowest BCUT2D eigenvalue weighted by atomic mass is 9.93. The maximum Gasteiger partial charge on any atom is 0.0301 e. The van der Waals surface area contributed by atoms with E-state index in [-0.39, 0.29) is 0 Å². The second-order valence-corrected chi connectivity index (χ2v) is 6.00. The summed E-state index contributed by atoms with van der Waals surface area (Å²) >= 11 is 3.83. The van der Waals surface area contributed by atoms with Crippen LogP contribution in [0.3, 0.4) is 0 Å². The molecule has 0 saturated heterocycles. The highest BCUT2D eigenvalue weighted by atomic mass is 79.9. The lowest BCUT2D eigenvalue weighted by Gasteiger charge is -2.36. The molecule has 2 heteroatoms. The number of nitrogens with zero attached hydrogens (tertiary/aromatic N) is 1. The van der Waals surface area contributed by atoms with Crippen molar-refractivity contribution < 1.29 is 0 Å². The quantitative estimate of drug-likeness (QED) is 0.699. The Labute approximate surface area is 97.4 Å². The van der Waals surface area contributed by atoms with E-state index in [1.807, 2.05) is 0 Å². The van der Waals surface area contributed by atoms with Gasteiger partial charge in [-0.15, -0.1) is 0 Å². The van der Waals surface area contributed by atoms with Crippen LogP contribution in [-0.4, -0.2) is 29.4 Å². The molecule has 14 heavy (non-hydrogen) atoms. The Kier molecular flexibility index (Phi) is 5.47. The average molecular weight is 262 g/mol. The first-order chi connectivity index (χ1) is 6.65. The lowest BCUT2D eigenvalue weighted by Crippen LogP contribution is -2.42. The summed E-state index contributed by atoms with van der Waals surface area (Å²) in [6, 6.07) is 0.776. The molecule has 0 heterocycles. The van der Waals surface area contributed by atoms with Gasteiger partial charge in [0.05, 0.1) is 0 Å². The molecule has 1 nitrogen and oxygen atoms in total. The Morgan fingerprint density at radius 1 is 1.36 bits per heavy atom. The van der Waals surface area contributed by atoms with Gasteiger partial charge in [-0.2, -0.15) is 0 Å². The number of halogens is 1. The molecule has 1 fully saturated rings. The van der Waals surface area contributed by atoms with Gasteiger partial charge in [-0.3, -0.25) is 0 Å². The van der Waals surface area contributed by atoms with Crippen LogP contribution in [0.5, 0.6) is 0 Å². The third-order valence-corrected chi connectivity index (χ3v) is 4.58. The SMILES string of the molecule is CCC(C)CN(C)C1CCCCC1Br. The molecule has 0 amide bonds. The predicted octanol–water partition coefficient (Wildman–Crippen LogP) is 3.67.